The van der Waals surface area contributed by atoms with Crippen molar-refractivity contribution in [1.82, 2.24) is 20.9 Å². The van der Waals surface area contributed by atoms with Crippen LogP contribution in [-0.2, 0) is 11.2 Å². The van der Waals surface area contributed by atoms with E-state index in [-0.39, 0.29) is 42.4 Å². The minimum Gasteiger partial charge on any atom is -0.464 e. The number of carbonyl (C=O) groups excluding carboxylic acids is 1. The molecule has 1 aromatic carbocycles. The number of amides is 1. The Morgan fingerprint density at radius 1 is 1.46 bits per heavy atom. The van der Waals surface area contributed by atoms with Crippen molar-refractivity contribution in [3.8, 4) is 5.88 Å². The number of fused-ring (bicyclic) bond motifs is 1. The topological polar surface area (TPSA) is 142 Å². The van der Waals surface area contributed by atoms with Crippen LogP contribution < -0.4 is 15.4 Å². The summed E-state index contributed by atoms with van der Waals surface area (Å²) in [4.78, 5) is 11.5. The maximum Gasteiger partial charge on any atom is 0.287 e. The van der Waals surface area contributed by atoms with Crippen molar-refractivity contribution in [2.24, 2.45) is 5.16 Å². The highest BCUT2D eigenvalue weighted by Crippen LogP contribution is 2.33. The molecule has 1 aliphatic rings. The molecule has 4 N–H and O–H groups in total. The molecular weight excluding hydrogens is 349 g/mol. The van der Waals surface area contributed by atoms with Crippen LogP contribution in [0.3, 0.4) is 0 Å². The molecule has 0 spiro atoms. The third kappa shape index (κ3) is 3.72. The number of oxime groups is 1. The largest absolute Gasteiger partial charge is 0.464 e. The van der Waals surface area contributed by atoms with Crippen molar-refractivity contribution in [3.63, 3.8) is 0 Å². The molecule has 1 atom stereocenters. The summed E-state index contributed by atoms with van der Waals surface area (Å²) < 4.78 is 23.1. The molecule has 1 aromatic heterocycles. The molecule has 0 radical (unpaired) electrons. The first kappa shape index (κ1) is 17.6. The Morgan fingerprint density at radius 3 is 3.08 bits per heavy atom. The Labute approximate surface area is 146 Å². The van der Waals surface area contributed by atoms with E-state index in [1.54, 1.807) is 6.07 Å². The highest BCUT2D eigenvalue weighted by Gasteiger charge is 2.30. The zero-order chi connectivity index (χ0) is 18.5. The first-order valence-electron chi connectivity index (χ1n) is 7.72. The third-order valence-electron chi connectivity index (χ3n) is 3.78. The van der Waals surface area contributed by atoms with Gasteiger partial charge in [0.2, 0.25) is 11.5 Å². The van der Waals surface area contributed by atoms with E-state index in [0.29, 0.717) is 6.42 Å². The molecule has 0 aliphatic heterocycles. The molecule has 0 saturated carbocycles. The summed E-state index contributed by atoms with van der Waals surface area (Å²) in [6.07, 6.45) is 0.611. The van der Waals surface area contributed by atoms with Gasteiger partial charge in [0.05, 0.1) is 12.6 Å². The second kappa shape index (κ2) is 7.78. The zero-order valence-electron chi connectivity index (χ0n) is 13.5. The van der Waals surface area contributed by atoms with Gasteiger partial charge >= 0.3 is 0 Å². The van der Waals surface area contributed by atoms with Gasteiger partial charge < -0.3 is 25.7 Å². The Morgan fingerprint density at radius 2 is 2.31 bits per heavy atom. The van der Waals surface area contributed by atoms with Crippen LogP contribution in [0.15, 0.2) is 28.0 Å². The molecule has 1 aliphatic carbocycles. The van der Waals surface area contributed by atoms with E-state index in [9.17, 15) is 14.4 Å². The zero-order valence-corrected chi connectivity index (χ0v) is 13.5. The van der Waals surface area contributed by atoms with Gasteiger partial charge in [-0.3, -0.25) is 4.79 Å². The number of hydrogen-bond acceptors (Lipinski definition) is 8. The second-order valence-electron chi connectivity index (χ2n) is 5.47. The highest BCUT2D eigenvalue weighted by atomic mass is 19.1. The van der Waals surface area contributed by atoms with E-state index in [2.05, 4.69) is 30.7 Å². The Balaban J connectivity index is 1.65. The number of aliphatic hydroxyl groups excluding tert-OH is 1. The fraction of sp³-hybridized carbons (Fsp3) is 0.333. The molecule has 11 heteroatoms. The number of amidine groups is 1. The Kier molecular flexibility index (Phi) is 5.27. The van der Waals surface area contributed by atoms with Gasteiger partial charge in [0.15, 0.2) is 6.61 Å². The van der Waals surface area contributed by atoms with Crippen LogP contribution in [-0.4, -0.2) is 52.1 Å². The number of hydrogen-bond donors (Lipinski definition) is 4. The predicted molar refractivity (Wildman–Crippen MR) is 84.2 cm³/mol. The van der Waals surface area contributed by atoms with Crippen LogP contribution in [0.2, 0.25) is 0 Å². The average molecular weight is 365 g/mol. The molecule has 138 valence electrons. The molecule has 0 fully saturated rings. The molecule has 1 heterocycles. The predicted octanol–water partition coefficient (Wildman–Crippen LogP) is -0.281. The fourth-order valence-electron chi connectivity index (χ4n) is 2.51. The standard InChI is InChI=1S/C15H16FN5O5/c16-9-2-1-8-5-11(10(8)6-9)18-14(19-24)13-15(21-26-20-13)25-7-12(23)17-3-4-22/h1-2,6,11,22,24H,3-5,7H2,(H,17,23)(H,18,19). The second-order valence-corrected chi connectivity index (χ2v) is 5.47. The average Bonchev–Trinajstić information content (AvgIpc) is 3.09. The van der Waals surface area contributed by atoms with Gasteiger partial charge in [-0.15, -0.1) is 0 Å². The molecule has 0 saturated heterocycles. The van der Waals surface area contributed by atoms with Crippen LogP contribution in [0.25, 0.3) is 0 Å². The first-order valence-corrected chi connectivity index (χ1v) is 7.72. The van der Waals surface area contributed by atoms with E-state index in [1.165, 1.54) is 12.1 Å². The molecule has 2 aromatic rings. The van der Waals surface area contributed by atoms with Crippen LogP contribution in [0, 0.1) is 5.82 Å². The van der Waals surface area contributed by atoms with Crippen LogP contribution >= 0.6 is 0 Å². The van der Waals surface area contributed by atoms with Gasteiger partial charge in [-0.2, -0.15) is 0 Å². The molecule has 26 heavy (non-hydrogen) atoms. The number of halogens is 1. The lowest BCUT2D eigenvalue weighted by molar-refractivity contribution is -0.123. The van der Waals surface area contributed by atoms with Crippen molar-refractivity contribution in [3.05, 3.63) is 40.8 Å². The lowest BCUT2D eigenvalue weighted by Crippen LogP contribution is -2.37. The van der Waals surface area contributed by atoms with Gasteiger partial charge in [0, 0.05) is 6.54 Å². The van der Waals surface area contributed by atoms with E-state index in [4.69, 9.17) is 9.84 Å². The summed E-state index contributed by atoms with van der Waals surface area (Å²) in [6, 6.07) is 4.19. The number of nitrogens with one attached hydrogen (secondary N) is 2. The monoisotopic (exact) mass is 365 g/mol. The van der Waals surface area contributed by atoms with Gasteiger partial charge in [-0.1, -0.05) is 11.2 Å². The number of rotatable bonds is 7. The summed E-state index contributed by atoms with van der Waals surface area (Å²) in [7, 11) is 0. The molecule has 1 unspecified atom stereocenters. The van der Waals surface area contributed by atoms with E-state index in [0.717, 1.165) is 11.1 Å². The minimum atomic E-state index is -0.480. The summed E-state index contributed by atoms with van der Waals surface area (Å²) in [5.74, 6) is -1.08. The van der Waals surface area contributed by atoms with E-state index < -0.39 is 12.5 Å². The first-order chi connectivity index (χ1) is 12.6. The smallest absolute Gasteiger partial charge is 0.287 e. The SMILES string of the molecule is O=C(COc1nonc1/C(=N/O)NC1Cc2ccc(F)cc21)NCCO. The summed E-state index contributed by atoms with van der Waals surface area (Å²) in [5.41, 5.74) is 1.69. The van der Waals surface area contributed by atoms with Crippen molar-refractivity contribution in [2.45, 2.75) is 12.5 Å². The summed E-state index contributed by atoms with van der Waals surface area (Å²) >= 11 is 0. The number of carbonyl (C=O) groups is 1. The maximum absolute atomic E-state index is 13.4. The fourth-order valence-corrected chi connectivity index (χ4v) is 2.51. The quantitative estimate of drug-likeness (QED) is 0.227. The van der Waals surface area contributed by atoms with Gasteiger partial charge in [0.1, 0.15) is 5.82 Å². The number of aromatic nitrogens is 2. The van der Waals surface area contributed by atoms with Crippen molar-refractivity contribution < 1.29 is 28.9 Å². The van der Waals surface area contributed by atoms with Crippen LogP contribution in [0.4, 0.5) is 4.39 Å². The number of benzene rings is 1. The molecule has 0 bridgehead atoms. The Bertz CT molecular complexity index is 825. The number of aliphatic hydroxyl groups is 1. The van der Waals surface area contributed by atoms with Crippen LogP contribution in [0.5, 0.6) is 5.88 Å². The van der Waals surface area contributed by atoms with E-state index >= 15 is 0 Å². The lowest BCUT2D eigenvalue weighted by Gasteiger charge is -2.31. The van der Waals surface area contributed by atoms with Crippen molar-refractivity contribution in [2.75, 3.05) is 19.8 Å². The van der Waals surface area contributed by atoms with Crippen molar-refractivity contribution >= 4 is 11.7 Å². The minimum absolute atomic E-state index is 0.0349. The van der Waals surface area contributed by atoms with Crippen molar-refractivity contribution in [1.29, 1.82) is 0 Å². The summed E-state index contributed by atoms with van der Waals surface area (Å²) in [5, 5.41) is 33.5. The van der Waals surface area contributed by atoms with Gasteiger partial charge in [-0.05, 0) is 40.0 Å². The normalized spacial score (nSPS) is 15.8. The van der Waals surface area contributed by atoms with Crippen LogP contribution in [0.1, 0.15) is 22.9 Å². The van der Waals surface area contributed by atoms with Gasteiger partial charge in [0.25, 0.3) is 11.8 Å². The molecule has 3 rings (SSSR count). The molecule has 10 nitrogen and oxygen atoms in total. The van der Waals surface area contributed by atoms with Gasteiger partial charge in [-0.25, -0.2) is 9.02 Å². The number of nitrogens with zero attached hydrogens (tertiary/aromatic N) is 3. The lowest BCUT2D eigenvalue weighted by atomic mass is 9.83. The summed E-state index contributed by atoms with van der Waals surface area (Å²) in [6.45, 7) is -0.497. The molecular formula is C15H16FN5O5. The third-order valence-corrected chi connectivity index (χ3v) is 3.78. The van der Waals surface area contributed by atoms with E-state index in [1.807, 2.05) is 0 Å². The number of ether oxygens (including phenoxy) is 1. The maximum atomic E-state index is 13.4. The highest BCUT2D eigenvalue weighted by molar-refractivity contribution is 5.98. The Hall–Kier alpha value is -3.21. The molecule has 1 amide bonds.